The molecule has 21 heavy (non-hydrogen) atoms. The fourth-order valence-corrected chi connectivity index (χ4v) is 2.67. The van der Waals surface area contributed by atoms with Crippen molar-refractivity contribution in [1.82, 2.24) is 4.98 Å². The standard InChI is InChI=1S/C14H12Cl3N3O/c1-2-19-12-3-4-18-7-9(12)14(21)20-13-10(16)5-8(15)6-11(13)17/h3-7H,2H2,1H3,(H,18,19)(H,20,21). The Morgan fingerprint density at radius 3 is 2.52 bits per heavy atom. The van der Waals surface area contributed by atoms with Crippen molar-refractivity contribution in [2.75, 3.05) is 17.2 Å². The number of amides is 1. The molecule has 4 nitrogen and oxygen atoms in total. The summed E-state index contributed by atoms with van der Waals surface area (Å²) in [4.78, 5) is 16.3. The molecule has 7 heteroatoms. The van der Waals surface area contributed by atoms with Gasteiger partial charge in [0.1, 0.15) is 0 Å². The molecule has 0 fully saturated rings. The number of halogens is 3. The van der Waals surface area contributed by atoms with Crippen LogP contribution in [0.3, 0.4) is 0 Å². The van der Waals surface area contributed by atoms with Crippen LogP contribution in [0.2, 0.25) is 15.1 Å². The number of nitrogens with one attached hydrogen (secondary N) is 2. The number of nitrogens with zero attached hydrogens (tertiary/aromatic N) is 1. The van der Waals surface area contributed by atoms with Crippen LogP contribution < -0.4 is 10.6 Å². The monoisotopic (exact) mass is 343 g/mol. The number of pyridine rings is 1. The van der Waals surface area contributed by atoms with Gasteiger partial charge in [-0.1, -0.05) is 34.8 Å². The molecule has 0 aliphatic heterocycles. The lowest BCUT2D eigenvalue weighted by Crippen LogP contribution is -2.15. The SMILES string of the molecule is CCNc1ccncc1C(=O)Nc1c(Cl)cc(Cl)cc1Cl. The van der Waals surface area contributed by atoms with Crippen LogP contribution in [0, 0.1) is 0 Å². The van der Waals surface area contributed by atoms with E-state index in [1.165, 1.54) is 18.3 Å². The molecule has 0 saturated heterocycles. The molecule has 110 valence electrons. The predicted octanol–water partition coefficient (Wildman–Crippen LogP) is 4.73. The van der Waals surface area contributed by atoms with Crippen LogP contribution in [0.15, 0.2) is 30.6 Å². The van der Waals surface area contributed by atoms with Gasteiger partial charge in [-0.25, -0.2) is 0 Å². The van der Waals surface area contributed by atoms with Gasteiger partial charge in [0.25, 0.3) is 5.91 Å². The predicted molar refractivity (Wildman–Crippen MR) is 87.8 cm³/mol. The third kappa shape index (κ3) is 3.79. The topological polar surface area (TPSA) is 54.0 Å². The molecule has 2 rings (SSSR count). The van der Waals surface area contributed by atoms with Crippen molar-refractivity contribution in [1.29, 1.82) is 0 Å². The van der Waals surface area contributed by atoms with E-state index in [1.807, 2.05) is 6.92 Å². The van der Waals surface area contributed by atoms with E-state index in [1.54, 1.807) is 12.3 Å². The minimum atomic E-state index is -0.356. The lowest BCUT2D eigenvalue weighted by atomic mass is 10.2. The summed E-state index contributed by atoms with van der Waals surface area (Å²) >= 11 is 17.9. The van der Waals surface area contributed by atoms with Gasteiger partial charge in [-0.3, -0.25) is 9.78 Å². The van der Waals surface area contributed by atoms with Gasteiger partial charge >= 0.3 is 0 Å². The lowest BCUT2D eigenvalue weighted by molar-refractivity contribution is 0.102. The van der Waals surface area contributed by atoms with Crippen LogP contribution >= 0.6 is 34.8 Å². The number of rotatable bonds is 4. The Hall–Kier alpha value is -1.49. The minimum Gasteiger partial charge on any atom is -0.385 e. The Bertz CT molecular complexity index is 653. The fraction of sp³-hybridized carbons (Fsp3) is 0.143. The second-order valence-corrected chi connectivity index (χ2v) is 5.40. The van der Waals surface area contributed by atoms with Gasteiger partial charge in [0.05, 0.1) is 27.0 Å². The van der Waals surface area contributed by atoms with Crippen molar-refractivity contribution in [3.63, 3.8) is 0 Å². The van der Waals surface area contributed by atoms with Crippen LogP contribution in [-0.4, -0.2) is 17.4 Å². The largest absolute Gasteiger partial charge is 0.385 e. The smallest absolute Gasteiger partial charge is 0.259 e. The molecule has 0 aliphatic rings. The number of aromatic nitrogens is 1. The molecule has 1 aromatic carbocycles. The highest BCUT2D eigenvalue weighted by molar-refractivity contribution is 6.42. The van der Waals surface area contributed by atoms with E-state index in [0.717, 1.165) is 0 Å². The normalized spacial score (nSPS) is 10.3. The van der Waals surface area contributed by atoms with E-state index in [-0.39, 0.29) is 16.0 Å². The molecule has 0 saturated carbocycles. The van der Waals surface area contributed by atoms with E-state index in [0.29, 0.717) is 28.5 Å². The van der Waals surface area contributed by atoms with E-state index in [9.17, 15) is 4.79 Å². The van der Waals surface area contributed by atoms with Crippen molar-refractivity contribution in [2.45, 2.75) is 6.92 Å². The summed E-state index contributed by atoms with van der Waals surface area (Å²) in [5.41, 5.74) is 1.41. The first kappa shape index (κ1) is 15.9. The lowest BCUT2D eigenvalue weighted by Gasteiger charge is -2.12. The zero-order valence-corrected chi connectivity index (χ0v) is 13.4. The number of carbonyl (C=O) groups is 1. The zero-order valence-electron chi connectivity index (χ0n) is 11.1. The molecule has 0 unspecified atom stereocenters. The maximum atomic E-state index is 12.4. The van der Waals surface area contributed by atoms with Crippen molar-refractivity contribution in [3.8, 4) is 0 Å². The van der Waals surface area contributed by atoms with Crippen molar-refractivity contribution >= 4 is 52.1 Å². The Labute approximate surface area is 137 Å². The van der Waals surface area contributed by atoms with E-state index < -0.39 is 0 Å². The van der Waals surface area contributed by atoms with Crippen molar-refractivity contribution in [3.05, 3.63) is 51.2 Å². The van der Waals surface area contributed by atoms with E-state index in [2.05, 4.69) is 15.6 Å². The van der Waals surface area contributed by atoms with Crippen LogP contribution in [0.1, 0.15) is 17.3 Å². The summed E-state index contributed by atoms with van der Waals surface area (Å²) in [6.45, 7) is 2.63. The Morgan fingerprint density at radius 2 is 1.90 bits per heavy atom. The molecule has 1 aromatic heterocycles. The number of benzene rings is 1. The van der Waals surface area contributed by atoms with E-state index in [4.69, 9.17) is 34.8 Å². The number of anilines is 2. The molecule has 0 bridgehead atoms. The zero-order chi connectivity index (χ0) is 15.4. The quantitative estimate of drug-likeness (QED) is 0.843. The van der Waals surface area contributed by atoms with Crippen LogP contribution in [-0.2, 0) is 0 Å². The van der Waals surface area contributed by atoms with Gasteiger partial charge in [-0.15, -0.1) is 0 Å². The molecule has 0 radical (unpaired) electrons. The van der Waals surface area contributed by atoms with E-state index >= 15 is 0 Å². The van der Waals surface area contributed by atoms with Gasteiger partial charge in [0.15, 0.2) is 0 Å². The van der Waals surface area contributed by atoms with Gasteiger partial charge in [-0.2, -0.15) is 0 Å². The fourth-order valence-electron chi connectivity index (χ4n) is 1.76. The van der Waals surface area contributed by atoms with Crippen molar-refractivity contribution in [2.24, 2.45) is 0 Å². The molecule has 2 N–H and O–H groups in total. The summed E-state index contributed by atoms with van der Waals surface area (Å²) in [6, 6.07) is 4.75. The molecular formula is C14H12Cl3N3O. The number of hydrogen-bond donors (Lipinski definition) is 2. The second kappa shape index (κ2) is 6.98. The van der Waals surface area contributed by atoms with Gasteiger partial charge in [0.2, 0.25) is 0 Å². The second-order valence-electron chi connectivity index (χ2n) is 4.15. The van der Waals surface area contributed by atoms with Crippen LogP contribution in [0.5, 0.6) is 0 Å². The van der Waals surface area contributed by atoms with Crippen LogP contribution in [0.25, 0.3) is 0 Å². The summed E-state index contributed by atoms with van der Waals surface area (Å²) in [5, 5.41) is 6.72. The highest BCUT2D eigenvalue weighted by Crippen LogP contribution is 2.34. The van der Waals surface area contributed by atoms with Crippen molar-refractivity contribution < 1.29 is 4.79 Å². The number of hydrogen-bond acceptors (Lipinski definition) is 3. The Kier molecular flexibility index (Phi) is 5.28. The first-order valence-electron chi connectivity index (χ1n) is 6.16. The summed E-state index contributed by atoms with van der Waals surface area (Å²) in [6.07, 6.45) is 3.09. The van der Waals surface area contributed by atoms with Gasteiger partial charge in [-0.05, 0) is 25.1 Å². The number of carbonyl (C=O) groups excluding carboxylic acids is 1. The van der Waals surface area contributed by atoms with Gasteiger partial charge in [0, 0.05) is 24.0 Å². The molecule has 1 heterocycles. The highest BCUT2D eigenvalue weighted by atomic mass is 35.5. The maximum absolute atomic E-state index is 12.4. The molecule has 2 aromatic rings. The molecule has 0 aliphatic carbocycles. The summed E-state index contributed by atoms with van der Waals surface area (Å²) in [7, 11) is 0. The Morgan fingerprint density at radius 1 is 1.24 bits per heavy atom. The molecule has 0 spiro atoms. The average Bonchev–Trinajstić information content (AvgIpc) is 2.43. The maximum Gasteiger partial charge on any atom is 0.259 e. The third-order valence-corrected chi connectivity index (χ3v) is 3.49. The molecule has 1 amide bonds. The Balaban J connectivity index is 2.31. The first-order valence-corrected chi connectivity index (χ1v) is 7.30. The summed E-state index contributed by atoms with van der Waals surface area (Å²) in [5.74, 6) is -0.356. The summed E-state index contributed by atoms with van der Waals surface area (Å²) < 4.78 is 0. The van der Waals surface area contributed by atoms with Crippen LogP contribution in [0.4, 0.5) is 11.4 Å². The third-order valence-electron chi connectivity index (χ3n) is 2.68. The average molecular weight is 345 g/mol. The highest BCUT2D eigenvalue weighted by Gasteiger charge is 2.15. The van der Waals surface area contributed by atoms with Gasteiger partial charge < -0.3 is 10.6 Å². The molecule has 0 atom stereocenters. The first-order chi connectivity index (χ1) is 10.0. The molecular weight excluding hydrogens is 333 g/mol. The minimum absolute atomic E-state index is 0.273.